The molecule has 0 radical (unpaired) electrons. The van der Waals surface area contributed by atoms with E-state index in [1.165, 1.54) is 37.9 Å². The second-order valence-electron chi connectivity index (χ2n) is 7.40. The minimum atomic E-state index is -0.174. The van der Waals surface area contributed by atoms with E-state index in [1.807, 2.05) is 31.2 Å². The quantitative estimate of drug-likeness (QED) is 0.767. The van der Waals surface area contributed by atoms with Gasteiger partial charge in [-0.15, -0.1) is 0 Å². The Kier molecular flexibility index (Phi) is 6.50. The van der Waals surface area contributed by atoms with Crippen molar-refractivity contribution in [2.24, 2.45) is 0 Å². The molecule has 0 saturated carbocycles. The monoisotopic (exact) mass is 358 g/mol. The second kappa shape index (κ2) is 9.03. The average molecular weight is 358 g/mol. The highest BCUT2D eigenvalue weighted by molar-refractivity contribution is 5.96. The zero-order chi connectivity index (χ0) is 18.4. The fourth-order valence-corrected chi connectivity index (χ4v) is 3.70. The third kappa shape index (κ3) is 5.21. The average Bonchev–Trinajstić information content (AvgIpc) is 3.00. The van der Waals surface area contributed by atoms with Crippen molar-refractivity contribution in [2.45, 2.75) is 45.1 Å². The first-order chi connectivity index (χ1) is 12.6. The molecule has 2 heterocycles. The number of amides is 3. The zero-order valence-corrected chi connectivity index (χ0v) is 15.7. The molecule has 1 aromatic carbocycles. The Balaban J connectivity index is 1.36. The van der Waals surface area contributed by atoms with Crippen LogP contribution in [0.2, 0.25) is 0 Å². The molecule has 0 aliphatic carbocycles. The molecular formula is C20H30N4O2. The molecule has 2 N–H and O–H groups in total. The number of benzene rings is 1. The number of rotatable bonds is 6. The molecule has 0 aromatic heterocycles. The minimum absolute atomic E-state index is 0.0595. The third-order valence-electron chi connectivity index (χ3n) is 5.19. The summed E-state index contributed by atoms with van der Waals surface area (Å²) in [6.07, 6.45) is 5.25. The van der Waals surface area contributed by atoms with Crippen LogP contribution in [0.15, 0.2) is 24.3 Å². The lowest BCUT2D eigenvalue weighted by Crippen LogP contribution is -2.44. The lowest BCUT2D eigenvalue weighted by atomic mass is 10.1. The van der Waals surface area contributed by atoms with Crippen LogP contribution in [0.25, 0.3) is 0 Å². The van der Waals surface area contributed by atoms with E-state index in [1.54, 1.807) is 4.90 Å². The maximum Gasteiger partial charge on any atom is 0.315 e. The van der Waals surface area contributed by atoms with Gasteiger partial charge in [-0.3, -0.25) is 4.79 Å². The molecule has 6 nitrogen and oxygen atoms in total. The molecule has 6 heteroatoms. The molecule has 2 fully saturated rings. The predicted octanol–water partition coefficient (Wildman–Crippen LogP) is 2.28. The molecule has 0 spiro atoms. The van der Waals surface area contributed by atoms with E-state index in [0.29, 0.717) is 19.5 Å². The summed E-state index contributed by atoms with van der Waals surface area (Å²) >= 11 is 0. The van der Waals surface area contributed by atoms with Gasteiger partial charge in [0.2, 0.25) is 5.91 Å². The highest BCUT2D eigenvalue weighted by Crippen LogP contribution is 2.21. The minimum Gasteiger partial charge on any atom is -0.338 e. The fourth-order valence-electron chi connectivity index (χ4n) is 3.70. The summed E-state index contributed by atoms with van der Waals surface area (Å²) in [6.45, 7) is 6.64. The van der Waals surface area contributed by atoms with Crippen molar-refractivity contribution < 1.29 is 9.59 Å². The van der Waals surface area contributed by atoms with Gasteiger partial charge in [-0.2, -0.15) is 0 Å². The maximum atomic E-state index is 12.2. The highest BCUT2D eigenvalue weighted by Gasteiger charge is 2.31. The highest BCUT2D eigenvalue weighted by atomic mass is 16.2. The standard InChI is InChI=1S/C20H30N4O2/c1-16-6-8-18(9-7-16)24-15-17(14-19(24)25)22-20(26)21-10-5-13-23-11-3-2-4-12-23/h6-9,17H,2-5,10-15H2,1H3,(H2,21,22,26)/t17-/m1/s1. The van der Waals surface area contributed by atoms with E-state index >= 15 is 0 Å². The lowest BCUT2D eigenvalue weighted by molar-refractivity contribution is -0.117. The van der Waals surface area contributed by atoms with Crippen LogP contribution in [-0.2, 0) is 4.79 Å². The molecule has 142 valence electrons. The van der Waals surface area contributed by atoms with Crippen LogP contribution >= 0.6 is 0 Å². The second-order valence-corrected chi connectivity index (χ2v) is 7.40. The number of piperidine rings is 1. The molecule has 2 saturated heterocycles. The van der Waals surface area contributed by atoms with Crippen molar-refractivity contribution in [3.05, 3.63) is 29.8 Å². The molecule has 1 atom stereocenters. The summed E-state index contributed by atoms with van der Waals surface area (Å²) in [6, 6.07) is 7.60. The van der Waals surface area contributed by atoms with Crippen molar-refractivity contribution in [3.8, 4) is 0 Å². The largest absolute Gasteiger partial charge is 0.338 e. The number of hydrogen-bond acceptors (Lipinski definition) is 3. The number of nitrogens with zero attached hydrogens (tertiary/aromatic N) is 2. The van der Waals surface area contributed by atoms with Crippen LogP contribution in [0.1, 0.15) is 37.7 Å². The van der Waals surface area contributed by atoms with Gasteiger partial charge in [-0.1, -0.05) is 24.1 Å². The SMILES string of the molecule is Cc1ccc(N2C[C@H](NC(=O)NCCCN3CCCCC3)CC2=O)cc1. The third-order valence-corrected chi connectivity index (χ3v) is 5.19. The number of nitrogens with one attached hydrogen (secondary N) is 2. The first-order valence-electron chi connectivity index (χ1n) is 9.75. The Morgan fingerprint density at radius 3 is 2.62 bits per heavy atom. The van der Waals surface area contributed by atoms with Crippen molar-refractivity contribution >= 4 is 17.6 Å². The molecular weight excluding hydrogens is 328 g/mol. The Morgan fingerprint density at radius 1 is 1.15 bits per heavy atom. The number of likely N-dealkylation sites (tertiary alicyclic amines) is 1. The van der Waals surface area contributed by atoms with Crippen LogP contribution in [0.5, 0.6) is 0 Å². The molecule has 1 aromatic rings. The summed E-state index contributed by atoms with van der Waals surface area (Å²) in [5.41, 5.74) is 2.06. The lowest BCUT2D eigenvalue weighted by Gasteiger charge is -2.26. The van der Waals surface area contributed by atoms with Crippen LogP contribution in [0.4, 0.5) is 10.5 Å². The maximum absolute atomic E-state index is 12.2. The van der Waals surface area contributed by atoms with Crippen LogP contribution < -0.4 is 15.5 Å². The van der Waals surface area contributed by atoms with Gasteiger partial charge in [0.25, 0.3) is 0 Å². The van der Waals surface area contributed by atoms with Crippen molar-refractivity contribution in [1.82, 2.24) is 15.5 Å². The van der Waals surface area contributed by atoms with Gasteiger partial charge in [-0.05, 0) is 58.0 Å². The Hall–Kier alpha value is -2.08. The predicted molar refractivity (Wildman–Crippen MR) is 103 cm³/mol. The van der Waals surface area contributed by atoms with Gasteiger partial charge in [0.1, 0.15) is 0 Å². The summed E-state index contributed by atoms with van der Waals surface area (Å²) in [4.78, 5) is 28.5. The summed E-state index contributed by atoms with van der Waals surface area (Å²) in [7, 11) is 0. The molecule has 26 heavy (non-hydrogen) atoms. The fraction of sp³-hybridized carbons (Fsp3) is 0.600. The molecule has 2 aliphatic rings. The van der Waals surface area contributed by atoms with E-state index in [-0.39, 0.29) is 18.0 Å². The van der Waals surface area contributed by atoms with Gasteiger partial charge >= 0.3 is 6.03 Å². The smallest absolute Gasteiger partial charge is 0.315 e. The van der Waals surface area contributed by atoms with Gasteiger partial charge in [0, 0.05) is 25.2 Å². The number of anilines is 1. The number of carbonyl (C=O) groups is 2. The first kappa shape index (κ1) is 18.7. The van der Waals surface area contributed by atoms with Crippen molar-refractivity contribution in [3.63, 3.8) is 0 Å². The van der Waals surface area contributed by atoms with Crippen LogP contribution in [0.3, 0.4) is 0 Å². The normalized spacial score (nSPS) is 21.0. The van der Waals surface area contributed by atoms with E-state index in [2.05, 4.69) is 15.5 Å². The zero-order valence-electron chi connectivity index (χ0n) is 15.7. The summed E-state index contributed by atoms with van der Waals surface area (Å²) in [5, 5.41) is 5.85. The van der Waals surface area contributed by atoms with Gasteiger partial charge in [-0.25, -0.2) is 4.79 Å². The Labute approximate surface area is 155 Å². The van der Waals surface area contributed by atoms with E-state index in [4.69, 9.17) is 0 Å². The number of aryl methyl sites for hydroxylation is 1. The van der Waals surface area contributed by atoms with Gasteiger partial charge in [0.15, 0.2) is 0 Å². The van der Waals surface area contributed by atoms with Crippen molar-refractivity contribution in [1.29, 1.82) is 0 Å². The van der Waals surface area contributed by atoms with Crippen molar-refractivity contribution in [2.75, 3.05) is 37.6 Å². The number of carbonyl (C=O) groups excluding carboxylic acids is 2. The summed E-state index contributed by atoms with van der Waals surface area (Å²) in [5.74, 6) is 0.0595. The molecule has 3 rings (SSSR count). The van der Waals surface area contributed by atoms with Gasteiger partial charge < -0.3 is 20.4 Å². The molecule has 3 amide bonds. The number of hydrogen-bond donors (Lipinski definition) is 2. The van der Waals surface area contributed by atoms with Crippen LogP contribution in [-0.4, -0.2) is 55.6 Å². The molecule has 2 aliphatic heterocycles. The molecule has 0 unspecified atom stereocenters. The Bertz CT molecular complexity index is 611. The Morgan fingerprint density at radius 2 is 1.88 bits per heavy atom. The van der Waals surface area contributed by atoms with Crippen LogP contribution in [0, 0.1) is 6.92 Å². The first-order valence-corrected chi connectivity index (χ1v) is 9.75. The molecule has 0 bridgehead atoms. The topological polar surface area (TPSA) is 64.7 Å². The van der Waals surface area contributed by atoms with E-state index in [0.717, 1.165) is 18.7 Å². The summed E-state index contributed by atoms with van der Waals surface area (Å²) < 4.78 is 0. The number of urea groups is 1. The van der Waals surface area contributed by atoms with E-state index in [9.17, 15) is 9.59 Å². The van der Waals surface area contributed by atoms with Gasteiger partial charge in [0.05, 0.1) is 6.04 Å². The van der Waals surface area contributed by atoms with E-state index < -0.39 is 0 Å².